The standard InChI is InChI=1S/C29H39N3O6.C7H7Cl/c1-18(30-25(35)24-17-22(34)21-11-10-20(33)16-23(21)38-24)26(36)32-14-12-29(13-15-32,19-8-6-5-7-9-19)27(37)31-28(2,3)4;1-6-2-4-7(8)5-3-6/h10-11,16-19,33H,5-9,12-15H2,1-4H3,(H,30,35)(H,31,37);2-5H,1H3. The molecule has 2 fully saturated rings. The second-order valence-electron chi connectivity index (χ2n) is 13.7. The highest BCUT2D eigenvalue weighted by atomic mass is 35.5. The van der Waals surface area contributed by atoms with Gasteiger partial charge < -0.3 is 25.1 Å². The van der Waals surface area contributed by atoms with Crippen LogP contribution in [-0.4, -0.2) is 52.4 Å². The number of aromatic hydroxyl groups is 1. The van der Waals surface area contributed by atoms with E-state index in [1.807, 2.05) is 52.0 Å². The summed E-state index contributed by atoms with van der Waals surface area (Å²) in [5, 5.41) is 16.6. The molecule has 248 valence electrons. The maximum atomic E-state index is 13.6. The van der Waals surface area contributed by atoms with Crippen LogP contribution in [0.4, 0.5) is 0 Å². The van der Waals surface area contributed by atoms with Crippen LogP contribution in [0.1, 0.15) is 88.8 Å². The highest BCUT2D eigenvalue weighted by molar-refractivity contribution is 6.30. The molecule has 1 aliphatic carbocycles. The molecule has 46 heavy (non-hydrogen) atoms. The second-order valence-corrected chi connectivity index (χ2v) is 14.1. The van der Waals surface area contributed by atoms with Gasteiger partial charge in [-0.15, -0.1) is 0 Å². The van der Waals surface area contributed by atoms with Crippen LogP contribution < -0.4 is 16.1 Å². The molecule has 1 unspecified atom stereocenters. The molecule has 3 amide bonds. The first kappa shape index (κ1) is 35.0. The fourth-order valence-electron chi connectivity index (χ4n) is 6.46. The molecule has 2 aromatic carbocycles. The Kier molecular flexibility index (Phi) is 11.2. The summed E-state index contributed by atoms with van der Waals surface area (Å²) in [6, 6.07) is 12.0. The van der Waals surface area contributed by atoms with E-state index in [9.17, 15) is 24.3 Å². The predicted octanol–water partition coefficient (Wildman–Crippen LogP) is 6.37. The van der Waals surface area contributed by atoms with Gasteiger partial charge >= 0.3 is 0 Å². The van der Waals surface area contributed by atoms with Gasteiger partial charge in [0, 0.05) is 35.8 Å². The summed E-state index contributed by atoms with van der Waals surface area (Å²) < 4.78 is 5.53. The molecular weight excluding hydrogens is 606 g/mol. The van der Waals surface area contributed by atoms with E-state index in [4.69, 9.17) is 16.0 Å². The number of nitrogens with zero attached hydrogens (tertiary/aromatic N) is 1. The van der Waals surface area contributed by atoms with E-state index in [2.05, 4.69) is 10.6 Å². The van der Waals surface area contributed by atoms with E-state index in [1.165, 1.54) is 30.2 Å². The third-order valence-electron chi connectivity index (χ3n) is 8.96. The summed E-state index contributed by atoms with van der Waals surface area (Å²) in [5.41, 5.74) is 0.0940. The SMILES string of the molecule is CC(NC(=O)c1cc(=O)c2ccc(O)cc2o1)C(=O)N1CCC(C(=O)NC(C)(C)C)(C2CCCCC2)CC1.Cc1ccc(Cl)cc1. The lowest BCUT2D eigenvalue weighted by Crippen LogP contribution is -2.58. The van der Waals surface area contributed by atoms with E-state index >= 15 is 0 Å². The Morgan fingerprint density at radius 3 is 2.22 bits per heavy atom. The van der Waals surface area contributed by atoms with Crippen LogP contribution in [0, 0.1) is 18.3 Å². The minimum Gasteiger partial charge on any atom is -0.508 e. The minimum atomic E-state index is -0.849. The summed E-state index contributed by atoms with van der Waals surface area (Å²) in [7, 11) is 0. The zero-order valence-electron chi connectivity index (χ0n) is 27.5. The van der Waals surface area contributed by atoms with Gasteiger partial charge in [0.15, 0.2) is 11.2 Å². The third kappa shape index (κ3) is 8.69. The van der Waals surface area contributed by atoms with Crippen LogP contribution in [0.25, 0.3) is 11.0 Å². The van der Waals surface area contributed by atoms with Crippen LogP contribution in [0.15, 0.2) is 57.7 Å². The van der Waals surface area contributed by atoms with Crippen molar-refractivity contribution >= 4 is 40.3 Å². The molecule has 0 radical (unpaired) electrons. The lowest BCUT2D eigenvalue weighted by Gasteiger charge is -2.48. The largest absolute Gasteiger partial charge is 0.508 e. The van der Waals surface area contributed by atoms with Crippen molar-refractivity contribution in [1.29, 1.82) is 0 Å². The molecule has 0 spiro atoms. The molecule has 2 aliphatic rings. The van der Waals surface area contributed by atoms with E-state index in [0.29, 0.717) is 31.8 Å². The van der Waals surface area contributed by atoms with E-state index in [-0.39, 0.29) is 39.8 Å². The fourth-order valence-corrected chi connectivity index (χ4v) is 6.59. The Morgan fingerprint density at radius 2 is 1.63 bits per heavy atom. The summed E-state index contributed by atoms with van der Waals surface area (Å²) in [6.45, 7) is 10.5. The fraction of sp³-hybridized carbons (Fsp3) is 0.500. The topological polar surface area (TPSA) is 129 Å². The summed E-state index contributed by atoms with van der Waals surface area (Å²) in [5.74, 6) is -0.862. The number of hydrogen-bond acceptors (Lipinski definition) is 6. The molecule has 1 atom stereocenters. The molecule has 3 aromatic rings. The number of carbonyl (C=O) groups excluding carboxylic acids is 3. The molecule has 1 saturated carbocycles. The zero-order valence-corrected chi connectivity index (χ0v) is 28.2. The number of hydrogen-bond donors (Lipinski definition) is 3. The molecule has 3 N–H and O–H groups in total. The van der Waals surface area contributed by atoms with Crippen molar-refractivity contribution < 1.29 is 23.9 Å². The smallest absolute Gasteiger partial charge is 0.287 e. The predicted molar refractivity (Wildman–Crippen MR) is 180 cm³/mol. The number of benzene rings is 2. The van der Waals surface area contributed by atoms with Crippen LogP contribution in [-0.2, 0) is 9.59 Å². The van der Waals surface area contributed by atoms with Gasteiger partial charge in [0.1, 0.15) is 17.4 Å². The van der Waals surface area contributed by atoms with Gasteiger partial charge in [-0.25, -0.2) is 0 Å². The molecule has 1 saturated heterocycles. The quantitative estimate of drug-likeness (QED) is 0.294. The number of likely N-dealkylation sites (tertiary alicyclic amines) is 1. The van der Waals surface area contributed by atoms with Gasteiger partial charge in [-0.05, 0) is 90.5 Å². The van der Waals surface area contributed by atoms with Gasteiger partial charge in [0.05, 0.1) is 10.8 Å². The van der Waals surface area contributed by atoms with E-state index in [1.54, 1.807) is 11.8 Å². The van der Waals surface area contributed by atoms with Crippen molar-refractivity contribution in [2.45, 2.75) is 91.1 Å². The first-order valence-corrected chi connectivity index (χ1v) is 16.5. The highest BCUT2D eigenvalue weighted by Crippen LogP contribution is 2.46. The molecule has 0 bridgehead atoms. The maximum absolute atomic E-state index is 13.6. The van der Waals surface area contributed by atoms with Gasteiger partial charge in [0.25, 0.3) is 5.91 Å². The first-order chi connectivity index (χ1) is 21.7. The minimum absolute atomic E-state index is 0.0859. The molecule has 2 heterocycles. The Hall–Kier alpha value is -3.85. The monoisotopic (exact) mass is 651 g/mol. The lowest BCUT2D eigenvalue weighted by atomic mass is 9.63. The maximum Gasteiger partial charge on any atom is 0.287 e. The highest BCUT2D eigenvalue weighted by Gasteiger charge is 2.49. The summed E-state index contributed by atoms with van der Waals surface area (Å²) >= 11 is 5.61. The third-order valence-corrected chi connectivity index (χ3v) is 9.21. The van der Waals surface area contributed by atoms with Crippen LogP contribution >= 0.6 is 11.6 Å². The molecule has 10 heteroatoms. The van der Waals surface area contributed by atoms with Crippen LogP contribution in [0.2, 0.25) is 5.02 Å². The Morgan fingerprint density at radius 1 is 1.00 bits per heavy atom. The molecule has 9 nitrogen and oxygen atoms in total. The van der Waals surface area contributed by atoms with Crippen molar-refractivity contribution in [3.8, 4) is 5.75 Å². The number of fused-ring (bicyclic) bond motifs is 1. The average Bonchev–Trinajstić information content (AvgIpc) is 3.01. The number of amides is 3. The number of piperidine rings is 1. The number of carbonyl (C=O) groups is 3. The zero-order chi connectivity index (χ0) is 33.6. The summed E-state index contributed by atoms with van der Waals surface area (Å²) in [4.78, 5) is 53.8. The summed E-state index contributed by atoms with van der Waals surface area (Å²) in [6.07, 6.45) is 6.72. The van der Waals surface area contributed by atoms with Crippen molar-refractivity contribution in [2.24, 2.45) is 11.3 Å². The van der Waals surface area contributed by atoms with Crippen molar-refractivity contribution in [3.05, 3.63) is 75.1 Å². The van der Waals surface area contributed by atoms with E-state index in [0.717, 1.165) is 36.8 Å². The van der Waals surface area contributed by atoms with Gasteiger partial charge in [-0.2, -0.15) is 0 Å². The lowest BCUT2D eigenvalue weighted by molar-refractivity contribution is -0.146. The Labute approximate surface area is 275 Å². The van der Waals surface area contributed by atoms with Gasteiger partial charge in [-0.3, -0.25) is 19.2 Å². The number of nitrogens with one attached hydrogen (secondary N) is 2. The van der Waals surface area contributed by atoms with Gasteiger partial charge in [-0.1, -0.05) is 48.6 Å². The van der Waals surface area contributed by atoms with Crippen LogP contribution in [0.3, 0.4) is 0 Å². The van der Waals surface area contributed by atoms with Gasteiger partial charge in [0.2, 0.25) is 11.8 Å². The number of aryl methyl sites for hydroxylation is 1. The number of phenols is 1. The molecular formula is C36H46ClN3O6. The Bertz CT molecular complexity index is 1580. The second kappa shape index (κ2) is 14.7. The number of rotatable bonds is 5. The molecule has 1 aromatic heterocycles. The van der Waals surface area contributed by atoms with Crippen molar-refractivity contribution in [2.75, 3.05) is 13.1 Å². The molecule has 1 aliphatic heterocycles. The van der Waals surface area contributed by atoms with Crippen LogP contribution in [0.5, 0.6) is 5.75 Å². The van der Waals surface area contributed by atoms with Crippen molar-refractivity contribution in [1.82, 2.24) is 15.5 Å². The molecule has 5 rings (SSSR count). The number of halogens is 1. The first-order valence-electron chi connectivity index (χ1n) is 16.1. The van der Waals surface area contributed by atoms with Crippen molar-refractivity contribution in [3.63, 3.8) is 0 Å². The number of phenolic OH excluding ortho intramolecular Hbond substituents is 1. The van der Waals surface area contributed by atoms with E-state index < -0.39 is 22.8 Å². The Balaban J connectivity index is 0.000000523. The normalized spacial score (nSPS) is 17.4. The average molecular weight is 652 g/mol.